The molecule has 3 fully saturated rings. The van der Waals surface area contributed by atoms with Crippen LogP contribution in [0.25, 0.3) is 0 Å². The van der Waals surface area contributed by atoms with E-state index in [1.165, 1.54) is 77.6 Å². The zero-order valence-electron chi connectivity index (χ0n) is 32.3. The van der Waals surface area contributed by atoms with Crippen molar-refractivity contribution in [1.82, 2.24) is 16.0 Å². The van der Waals surface area contributed by atoms with Crippen LogP contribution in [0.3, 0.4) is 0 Å². The monoisotopic (exact) mass is 653 g/mol. The molecular formula is C44H68N4. The van der Waals surface area contributed by atoms with Gasteiger partial charge in [0.05, 0.1) is 0 Å². The Bertz CT molecular complexity index is 1390. The number of fused-ring (bicyclic) bond motifs is 3. The molecule has 3 N–H and O–H groups in total. The zero-order chi connectivity index (χ0) is 36.1. The molecule has 4 aliphatic carbocycles. The van der Waals surface area contributed by atoms with Crippen molar-refractivity contribution in [3.63, 3.8) is 0 Å². The van der Waals surface area contributed by atoms with Crippen molar-refractivity contribution in [3.8, 4) is 0 Å². The van der Waals surface area contributed by atoms with Gasteiger partial charge in [-0.05, 0) is 137 Å². The molecule has 0 spiro atoms. The lowest BCUT2D eigenvalue weighted by Crippen LogP contribution is -2.51. The summed E-state index contributed by atoms with van der Waals surface area (Å²) in [7, 11) is 0. The maximum absolute atomic E-state index is 4.69. The topological polar surface area (TPSA) is 48.5 Å². The molecule has 4 nitrogen and oxygen atoms in total. The molecule has 3 saturated carbocycles. The number of benzene rings is 1. The Morgan fingerprint density at radius 1 is 1.02 bits per heavy atom. The van der Waals surface area contributed by atoms with Gasteiger partial charge in [-0.25, -0.2) is 0 Å². The molecule has 264 valence electrons. The van der Waals surface area contributed by atoms with Gasteiger partial charge in [-0.1, -0.05) is 89.9 Å². The van der Waals surface area contributed by atoms with Crippen molar-refractivity contribution in [2.45, 2.75) is 133 Å². The van der Waals surface area contributed by atoms with Crippen LogP contribution in [-0.4, -0.2) is 11.8 Å². The average molecular weight is 653 g/mol. The van der Waals surface area contributed by atoms with Gasteiger partial charge in [0, 0.05) is 47.9 Å². The lowest BCUT2D eigenvalue weighted by atomic mass is 9.50. The highest BCUT2D eigenvalue weighted by Crippen LogP contribution is 2.60. The Labute approximate surface area is 295 Å². The predicted octanol–water partition coefficient (Wildman–Crippen LogP) is 11.6. The van der Waals surface area contributed by atoms with Crippen LogP contribution in [0.1, 0.15) is 125 Å². The summed E-state index contributed by atoms with van der Waals surface area (Å²) in [5.74, 6) is 0.477. The Morgan fingerprint density at radius 3 is 2.10 bits per heavy atom. The fraction of sp³-hybridized carbons (Fsp3) is 0.523. The molecule has 0 aliphatic heterocycles. The van der Waals surface area contributed by atoms with Gasteiger partial charge >= 0.3 is 0 Å². The zero-order valence-corrected chi connectivity index (χ0v) is 32.3. The Balaban J connectivity index is 0.000000334. The molecule has 0 saturated heterocycles. The van der Waals surface area contributed by atoms with Crippen molar-refractivity contribution >= 4 is 5.71 Å². The first kappa shape index (κ1) is 40.6. The molecular weight excluding hydrogens is 585 g/mol. The molecule has 1 aromatic carbocycles. The van der Waals surface area contributed by atoms with E-state index in [-0.39, 0.29) is 0 Å². The number of hydrogen-bond donors (Lipinski definition) is 3. The van der Waals surface area contributed by atoms with E-state index in [4.69, 9.17) is 0 Å². The van der Waals surface area contributed by atoms with E-state index in [0.29, 0.717) is 22.8 Å². The van der Waals surface area contributed by atoms with Gasteiger partial charge in [0.25, 0.3) is 0 Å². The fourth-order valence-corrected chi connectivity index (χ4v) is 7.32. The van der Waals surface area contributed by atoms with Crippen LogP contribution in [0.2, 0.25) is 0 Å². The fourth-order valence-electron chi connectivity index (χ4n) is 7.32. The maximum Gasteiger partial charge on any atom is 0.0407 e. The summed E-state index contributed by atoms with van der Waals surface area (Å²) in [6.45, 7) is 39.3. The van der Waals surface area contributed by atoms with Crippen molar-refractivity contribution < 1.29 is 0 Å². The van der Waals surface area contributed by atoms with Crippen molar-refractivity contribution in [2.24, 2.45) is 21.7 Å². The first-order valence-corrected chi connectivity index (χ1v) is 18.4. The predicted molar refractivity (Wildman–Crippen MR) is 213 cm³/mol. The molecule has 48 heavy (non-hydrogen) atoms. The van der Waals surface area contributed by atoms with Crippen molar-refractivity contribution in [1.29, 1.82) is 0 Å². The van der Waals surface area contributed by atoms with E-state index in [2.05, 4.69) is 119 Å². The van der Waals surface area contributed by atoms with Gasteiger partial charge in [0.1, 0.15) is 0 Å². The van der Waals surface area contributed by atoms with Crippen LogP contribution in [0, 0.1) is 16.7 Å². The average Bonchev–Trinajstić information content (AvgIpc) is 3.11. The van der Waals surface area contributed by atoms with Gasteiger partial charge in [0.15, 0.2) is 0 Å². The molecule has 2 atom stereocenters. The van der Waals surface area contributed by atoms with E-state index in [0.717, 1.165) is 36.6 Å². The summed E-state index contributed by atoms with van der Waals surface area (Å²) in [4.78, 5) is 4.69. The Morgan fingerprint density at radius 2 is 1.60 bits per heavy atom. The van der Waals surface area contributed by atoms with Gasteiger partial charge in [-0.15, -0.1) is 0 Å². The molecule has 4 heteroatoms. The summed E-state index contributed by atoms with van der Waals surface area (Å²) in [5, 5.41) is 10.4. The standard InChI is InChI=1S/C25H40N2.C17H22N2.C2H6/c1-9-20(6)26-23(10-2)17-19(5)21(7)27-22(8)25-14-11-24(12-15-25,13-16-25)18(3)4;1-5-18-10-15-7-6-8-16(9-15)11-19-17-13(3)12(2)14(17)4;1-2/h9,17,22,27H,3,7,10-16H2,1-2,4-6,8H3;5-9,13,18-19H,1-2,10-11H2,3-4H3;1-2H3/b19-17+,20-9+,26-23-;;. The number of nitrogens with zero attached hydrogens (tertiary/aromatic N) is 1. The third-order valence-electron chi connectivity index (χ3n) is 11.2. The normalized spacial score (nSPS) is 24.2. The first-order valence-electron chi connectivity index (χ1n) is 18.4. The number of rotatable bonds is 14. The minimum absolute atomic E-state index is 0.420. The summed E-state index contributed by atoms with van der Waals surface area (Å²) >= 11 is 0. The van der Waals surface area contributed by atoms with E-state index in [1.807, 2.05) is 33.8 Å². The summed E-state index contributed by atoms with van der Waals surface area (Å²) < 4.78 is 0. The van der Waals surface area contributed by atoms with Crippen LogP contribution >= 0.6 is 0 Å². The second kappa shape index (κ2) is 18.9. The third-order valence-corrected chi connectivity index (χ3v) is 11.2. The summed E-state index contributed by atoms with van der Waals surface area (Å²) in [6, 6.07) is 9.05. The molecule has 0 aromatic heterocycles. The molecule has 0 heterocycles. The van der Waals surface area contributed by atoms with E-state index >= 15 is 0 Å². The molecule has 1 aromatic rings. The lowest BCUT2D eigenvalue weighted by molar-refractivity contribution is -0.00664. The minimum atomic E-state index is 0.420. The minimum Gasteiger partial charge on any atom is -0.387 e. The molecule has 0 radical (unpaired) electrons. The summed E-state index contributed by atoms with van der Waals surface area (Å²) in [6.07, 6.45) is 14.7. The highest BCUT2D eigenvalue weighted by Gasteiger charge is 2.51. The number of hydrogen-bond acceptors (Lipinski definition) is 4. The smallest absolute Gasteiger partial charge is 0.0407 e. The first-order chi connectivity index (χ1) is 22.8. The quantitative estimate of drug-likeness (QED) is 0.106. The molecule has 4 aliphatic rings. The third kappa shape index (κ3) is 10.2. The summed E-state index contributed by atoms with van der Waals surface area (Å²) in [5.41, 5.74) is 13.1. The largest absolute Gasteiger partial charge is 0.387 e. The van der Waals surface area contributed by atoms with Crippen LogP contribution in [0.15, 0.2) is 113 Å². The number of nitrogens with one attached hydrogen (secondary N) is 3. The second-order valence-corrected chi connectivity index (χ2v) is 14.0. The Kier molecular flexibility index (Phi) is 16.0. The van der Waals surface area contributed by atoms with Crippen molar-refractivity contribution in [3.05, 3.63) is 119 Å². The van der Waals surface area contributed by atoms with Gasteiger partial charge in [-0.2, -0.15) is 0 Å². The van der Waals surface area contributed by atoms with Gasteiger partial charge < -0.3 is 16.0 Å². The highest BCUT2D eigenvalue weighted by atomic mass is 14.9. The Hall–Kier alpha value is -3.53. The maximum atomic E-state index is 4.69. The SMILES string of the molecule is C=C(NC(C)C12CCC(C(=C)C)(CC1)CC2)/C(C)=C/C(CC)=N\C(C)=C\C.C=CNCc1cccc(CNC2=C(C)C(=C)C2C)c1.CC. The molecule has 0 amide bonds. The van der Waals surface area contributed by atoms with Gasteiger partial charge in [-0.3, -0.25) is 4.99 Å². The van der Waals surface area contributed by atoms with Gasteiger partial charge in [0.2, 0.25) is 0 Å². The number of aliphatic imine (C=N–C) groups is 1. The molecule has 5 rings (SSSR count). The van der Waals surface area contributed by atoms with Crippen LogP contribution < -0.4 is 16.0 Å². The molecule has 2 unspecified atom stereocenters. The molecule has 2 bridgehead atoms. The van der Waals surface area contributed by atoms with E-state index in [9.17, 15) is 0 Å². The number of allylic oxidation sites excluding steroid dienone is 7. The van der Waals surface area contributed by atoms with E-state index in [1.54, 1.807) is 6.20 Å². The second-order valence-electron chi connectivity index (χ2n) is 14.0. The highest BCUT2D eigenvalue weighted by molar-refractivity contribution is 5.96. The van der Waals surface area contributed by atoms with E-state index < -0.39 is 0 Å². The lowest BCUT2D eigenvalue weighted by Gasteiger charge is -2.56. The van der Waals surface area contributed by atoms with Crippen molar-refractivity contribution in [2.75, 3.05) is 0 Å². The van der Waals surface area contributed by atoms with Crippen LogP contribution in [0.4, 0.5) is 0 Å². The van der Waals surface area contributed by atoms with Crippen LogP contribution in [0.5, 0.6) is 0 Å². The van der Waals surface area contributed by atoms with Crippen LogP contribution in [-0.2, 0) is 13.1 Å².